The number of H-pyrrole nitrogens is 1. The van der Waals surface area contributed by atoms with Crippen LogP contribution in [0.5, 0.6) is 0 Å². The van der Waals surface area contributed by atoms with Gasteiger partial charge in [-0.25, -0.2) is 9.97 Å². The lowest BCUT2D eigenvalue weighted by atomic mass is 10.3. The van der Waals surface area contributed by atoms with Crippen LogP contribution in [-0.2, 0) is 0 Å². The molecule has 0 atom stereocenters. The van der Waals surface area contributed by atoms with E-state index in [-0.39, 0.29) is 5.28 Å². The summed E-state index contributed by atoms with van der Waals surface area (Å²) in [5.74, 6) is 1.05. The molecule has 0 aromatic carbocycles. The fourth-order valence-corrected chi connectivity index (χ4v) is 2.61. The number of aromatic amines is 1. The number of hydrogen-bond donors (Lipinski definition) is 1. The maximum atomic E-state index is 5.83. The Morgan fingerprint density at radius 3 is 3.06 bits per heavy atom. The predicted molar refractivity (Wildman–Crippen MR) is 66.9 cm³/mol. The molecule has 0 aliphatic rings. The van der Waals surface area contributed by atoms with Gasteiger partial charge in [0.1, 0.15) is 10.5 Å². The summed E-state index contributed by atoms with van der Waals surface area (Å²) in [5, 5.41) is 1.15. The molecule has 0 unspecified atom stereocenters. The highest BCUT2D eigenvalue weighted by molar-refractivity contribution is 7.99. The van der Waals surface area contributed by atoms with E-state index >= 15 is 0 Å². The average molecular weight is 257 g/mol. The van der Waals surface area contributed by atoms with Crippen LogP contribution in [0.15, 0.2) is 11.4 Å². The van der Waals surface area contributed by atoms with E-state index in [2.05, 4.69) is 26.9 Å². The van der Waals surface area contributed by atoms with Crippen molar-refractivity contribution in [1.82, 2.24) is 19.9 Å². The van der Waals surface area contributed by atoms with Gasteiger partial charge in [-0.3, -0.25) is 0 Å². The number of halogens is 1. The van der Waals surface area contributed by atoms with E-state index in [1.807, 2.05) is 0 Å². The molecule has 0 spiro atoms. The van der Waals surface area contributed by atoms with Gasteiger partial charge in [-0.15, -0.1) is 11.8 Å². The second kappa shape index (κ2) is 5.50. The zero-order valence-electron chi connectivity index (χ0n) is 9.03. The summed E-state index contributed by atoms with van der Waals surface area (Å²) in [6.45, 7) is 2.19. The van der Waals surface area contributed by atoms with Crippen molar-refractivity contribution in [2.75, 3.05) is 5.75 Å². The first-order chi connectivity index (χ1) is 7.81. The summed E-state index contributed by atoms with van der Waals surface area (Å²) in [4.78, 5) is 15.4. The normalized spacial score (nSPS) is 11.1. The van der Waals surface area contributed by atoms with Crippen LogP contribution in [0, 0.1) is 0 Å². The number of nitrogens with zero attached hydrogens (tertiary/aromatic N) is 3. The summed E-state index contributed by atoms with van der Waals surface area (Å²) >= 11 is 7.53. The first-order valence-electron chi connectivity index (χ1n) is 5.30. The molecule has 0 aliphatic heterocycles. The summed E-state index contributed by atoms with van der Waals surface area (Å²) in [7, 11) is 0. The molecule has 0 saturated carbocycles. The maximum absolute atomic E-state index is 5.83. The van der Waals surface area contributed by atoms with Gasteiger partial charge in [-0.05, 0) is 23.8 Å². The van der Waals surface area contributed by atoms with Crippen molar-refractivity contribution in [1.29, 1.82) is 0 Å². The van der Waals surface area contributed by atoms with Gasteiger partial charge in [0.2, 0.25) is 5.28 Å². The van der Waals surface area contributed by atoms with Gasteiger partial charge in [0.25, 0.3) is 0 Å². The van der Waals surface area contributed by atoms with Gasteiger partial charge in [0, 0.05) is 0 Å². The number of thioether (sulfide) groups is 1. The molecule has 2 rings (SSSR count). The van der Waals surface area contributed by atoms with Crippen LogP contribution < -0.4 is 0 Å². The molecule has 0 aliphatic carbocycles. The van der Waals surface area contributed by atoms with Crippen molar-refractivity contribution in [3.05, 3.63) is 11.6 Å². The minimum absolute atomic E-state index is 0.262. The Kier molecular flexibility index (Phi) is 4.01. The smallest absolute Gasteiger partial charge is 0.225 e. The van der Waals surface area contributed by atoms with Crippen LogP contribution in [0.2, 0.25) is 5.28 Å². The van der Waals surface area contributed by atoms with Crippen molar-refractivity contribution in [3.63, 3.8) is 0 Å². The third-order valence-corrected chi connectivity index (χ3v) is 3.44. The number of aromatic nitrogens is 4. The summed E-state index contributed by atoms with van der Waals surface area (Å²) in [6, 6.07) is 0. The van der Waals surface area contributed by atoms with E-state index in [1.165, 1.54) is 19.3 Å². The van der Waals surface area contributed by atoms with Crippen LogP contribution in [0.1, 0.15) is 26.2 Å². The van der Waals surface area contributed by atoms with Crippen molar-refractivity contribution >= 4 is 34.5 Å². The van der Waals surface area contributed by atoms with E-state index in [9.17, 15) is 0 Å². The standard InChI is InChI=1S/C10H13ClN4S/c1-2-3-4-5-16-9-7-8(13-6-12-7)14-10(11)15-9/h6H,2-5H2,1H3,(H,12,13,14,15). The highest BCUT2D eigenvalue weighted by atomic mass is 35.5. The van der Waals surface area contributed by atoms with Crippen LogP contribution in [0.3, 0.4) is 0 Å². The lowest BCUT2D eigenvalue weighted by Gasteiger charge is -2.01. The molecule has 6 heteroatoms. The third-order valence-electron chi connectivity index (χ3n) is 2.21. The Bertz CT molecular complexity index is 471. The van der Waals surface area contributed by atoms with Crippen molar-refractivity contribution in [3.8, 4) is 0 Å². The number of hydrogen-bond acceptors (Lipinski definition) is 4. The van der Waals surface area contributed by atoms with Crippen LogP contribution in [0.25, 0.3) is 11.2 Å². The largest absolute Gasteiger partial charge is 0.341 e. The first-order valence-corrected chi connectivity index (χ1v) is 6.67. The Hall–Kier alpha value is -0.810. The number of nitrogens with one attached hydrogen (secondary N) is 1. The average Bonchev–Trinajstić information content (AvgIpc) is 2.72. The van der Waals surface area contributed by atoms with Crippen molar-refractivity contribution in [2.45, 2.75) is 31.2 Å². The molecule has 2 aromatic rings. The first kappa shape index (κ1) is 11.7. The summed E-state index contributed by atoms with van der Waals surface area (Å²) in [6.07, 6.45) is 5.28. The van der Waals surface area contributed by atoms with Gasteiger partial charge < -0.3 is 4.98 Å². The summed E-state index contributed by atoms with van der Waals surface area (Å²) < 4.78 is 0. The SMILES string of the molecule is CCCCCSc1nc(Cl)nc2nc[nH]c12. The topological polar surface area (TPSA) is 54.5 Å². The highest BCUT2D eigenvalue weighted by Gasteiger charge is 2.08. The monoisotopic (exact) mass is 256 g/mol. The van der Waals surface area contributed by atoms with Crippen molar-refractivity contribution < 1.29 is 0 Å². The van der Waals surface area contributed by atoms with Crippen molar-refractivity contribution in [2.24, 2.45) is 0 Å². The molecule has 0 saturated heterocycles. The van der Waals surface area contributed by atoms with E-state index in [4.69, 9.17) is 11.6 Å². The molecule has 0 radical (unpaired) electrons. The van der Waals surface area contributed by atoms with E-state index in [1.54, 1.807) is 18.1 Å². The van der Waals surface area contributed by atoms with Gasteiger partial charge in [-0.1, -0.05) is 19.8 Å². The zero-order valence-corrected chi connectivity index (χ0v) is 10.6. The quantitative estimate of drug-likeness (QED) is 0.386. The zero-order chi connectivity index (χ0) is 11.4. The number of unbranched alkanes of at least 4 members (excludes halogenated alkanes) is 2. The highest BCUT2D eigenvalue weighted by Crippen LogP contribution is 2.25. The minimum Gasteiger partial charge on any atom is -0.341 e. The van der Waals surface area contributed by atoms with E-state index in [0.717, 1.165) is 16.3 Å². The fourth-order valence-electron chi connectivity index (χ4n) is 1.41. The number of imidazole rings is 1. The second-order valence-electron chi connectivity index (χ2n) is 3.45. The molecule has 0 bridgehead atoms. The molecule has 2 aromatic heterocycles. The van der Waals surface area contributed by atoms with E-state index < -0.39 is 0 Å². The van der Waals surface area contributed by atoms with Gasteiger partial charge in [0.05, 0.1) is 6.33 Å². The lowest BCUT2D eigenvalue weighted by Crippen LogP contribution is -1.90. The Morgan fingerprint density at radius 2 is 2.25 bits per heavy atom. The molecule has 4 nitrogen and oxygen atoms in total. The molecule has 16 heavy (non-hydrogen) atoms. The minimum atomic E-state index is 0.262. The molecule has 1 N–H and O–H groups in total. The molecular formula is C10H13ClN4S. The van der Waals surface area contributed by atoms with Gasteiger partial charge in [-0.2, -0.15) is 4.98 Å². The maximum Gasteiger partial charge on any atom is 0.225 e. The number of fused-ring (bicyclic) bond motifs is 1. The summed E-state index contributed by atoms with van der Waals surface area (Å²) in [5.41, 5.74) is 1.52. The van der Waals surface area contributed by atoms with Crippen LogP contribution in [-0.4, -0.2) is 25.7 Å². The molecule has 86 valence electrons. The Morgan fingerprint density at radius 1 is 1.38 bits per heavy atom. The molecule has 0 fully saturated rings. The predicted octanol–water partition coefficient (Wildman–Crippen LogP) is 3.29. The Labute approximate surface area is 103 Å². The van der Waals surface area contributed by atoms with Crippen LogP contribution >= 0.6 is 23.4 Å². The van der Waals surface area contributed by atoms with E-state index in [0.29, 0.717) is 5.65 Å². The number of rotatable bonds is 5. The molecular weight excluding hydrogens is 244 g/mol. The lowest BCUT2D eigenvalue weighted by molar-refractivity contribution is 0.778. The Balaban J connectivity index is 2.12. The second-order valence-corrected chi connectivity index (χ2v) is 4.88. The van der Waals surface area contributed by atoms with Gasteiger partial charge in [0.15, 0.2) is 5.65 Å². The van der Waals surface area contributed by atoms with Gasteiger partial charge >= 0.3 is 0 Å². The molecule has 0 amide bonds. The fraction of sp³-hybridized carbons (Fsp3) is 0.500. The third kappa shape index (κ3) is 2.65. The molecule has 2 heterocycles. The van der Waals surface area contributed by atoms with Crippen LogP contribution in [0.4, 0.5) is 0 Å².